The summed E-state index contributed by atoms with van der Waals surface area (Å²) in [7, 11) is 0. The Labute approximate surface area is 258 Å². The third-order valence-corrected chi connectivity index (χ3v) is 8.96. The Hall–Kier alpha value is -4.60. The van der Waals surface area contributed by atoms with Gasteiger partial charge in [0.2, 0.25) is 0 Å². The average Bonchev–Trinajstić information content (AvgIpc) is 3.05. The number of aromatic nitrogens is 3. The SMILES string of the molecule is CC1(c2ccccc2)C=CC(c2nc(C3=CC(C)(c4cccc5ccccc45)CC(Cl)=C3)nc(-c3ccccc3)n2)=CC1. The van der Waals surface area contributed by atoms with E-state index in [2.05, 4.69) is 111 Å². The highest BCUT2D eigenvalue weighted by molar-refractivity contribution is 6.30. The van der Waals surface area contributed by atoms with Crippen LogP contribution in [0.3, 0.4) is 0 Å². The monoisotopic (exact) mass is 577 g/mol. The molecule has 3 nitrogen and oxygen atoms in total. The summed E-state index contributed by atoms with van der Waals surface area (Å²) in [5, 5.41) is 3.23. The van der Waals surface area contributed by atoms with Crippen molar-refractivity contribution in [2.24, 2.45) is 0 Å². The summed E-state index contributed by atoms with van der Waals surface area (Å²) >= 11 is 6.91. The van der Waals surface area contributed by atoms with Gasteiger partial charge >= 0.3 is 0 Å². The molecule has 0 aliphatic heterocycles. The molecule has 0 bridgehead atoms. The minimum atomic E-state index is -0.330. The van der Waals surface area contributed by atoms with Gasteiger partial charge in [-0.05, 0) is 40.8 Å². The number of nitrogens with zero attached hydrogens (tertiary/aromatic N) is 3. The van der Waals surface area contributed by atoms with Crippen molar-refractivity contribution in [2.45, 2.75) is 37.5 Å². The van der Waals surface area contributed by atoms with Crippen molar-refractivity contribution in [3.05, 3.63) is 161 Å². The molecule has 0 saturated carbocycles. The summed E-state index contributed by atoms with van der Waals surface area (Å²) in [6.45, 7) is 4.52. The van der Waals surface area contributed by atoms with Gasteiger partial charge in [0.25, 0.3) is 0 Å². The minimum absolute atomic E-state index is 0.0781. The van der Waals surface area contributed by atoms with E-state index in [1.165, 1.54) is 21.9 Å². The van der Waals surface area contributed by atoms with Crippen LogP contribution in [0.5, 0.6) is 0 Å². The molecular weight excluding hydrogens is 546 g/mol. The Morgan fingerprint density at radius 3 is 2.05 bits per heavy atom. The van der Waals surface area contributed by atoms with Gasteiger partial charge in [0.05, 0.1) is 0 Å². The maximum atomic E-state index is 6.91. The smallest absolute Gasteiger partial charge is 0.164 e. The molecule has 0 radical (unpaired) electrons. The summed E-state index contributed by atoms with van der Waals surface area (Å²) < 4.78 is 0. The van der Waals surface area contributed by atoms with Crippen LogP contribution in [0.1, 0.15) is 49.5 Å². The molecule has 0 spiro atoms. The molecule has 4 aromatic carbocycles. The van der Waals surface area contributed by atoms with Crippen LogP contribution in [0.2, 0.25) is 0 Å². The molecule has 0 fully saturated rings. The second-order valence-corrected chi connectivity index (χ2v) is 12.4. The van der Waals surface area contributed by atoms with Crippen LogP contribution in [0.4, 0.5) is 0 Å². The Kier molecular flexibility index (Phi) is 6.91. The molecule has 43 heavy (non-hydrogen) atoms. The molecule has 1 aromatic heterocycles. The first-order chi connectivity index (χ1) is 20.9. The first kappa shape index (κ1) is 27.2. The second kappa shape index (κ2) is 10.9. The number of hydrogen-bond acceptors (Lipinski definition) is 3. The molecule has 1 heterocycles. The van der Waals surface area contributed by atoms with Crippen molar-refractivity contribution < 1.29 is 0 Å². The van der Waals surface area contributed by atoms with Crippen molar-refractivity contribution >= 4 is 33.5 Å². The van der Waals surface area contributed by atoms with Gasteiger partial charge in [-0.1, -0.05) is 153 Å². The van der Waals surface area contributed by atoms with Crippen molar-refractivity contribution in [3.8, 4) is 11.4 Å². The lowest BCUT2D eigenvalue weighted by molar-refractivity contribution is 0.600. The summed E-state index contributed by atoms with van der Waals surface area (Å²) in [5.74, 6) is 1.94. The maximum absolute atomic E-state index is 6.91. The third-order valence-electron chi connectivity index (χ3n) is 8.72. The Balaban J connectivity index is 1.34. The normalized spacial score (nSPS) is 21.7. The van der Waals surface area contributed by atoms with E-state index in [-0.39, 0.29) is 10.8 Å². The van der Waals surface area contributed by atoms with E-state index in [1.54, 1.807) is 0 Å². The predicted octanol–water partition coefficient (Wildman–Crippen LogP) is 9.86. The minimum Gasteiger partial charge on any atom is -0.208 e. The summed E-state index contributed by atoms with van der Waals surface area (Å²) in [6, 6.07) is 35.8. The molecule has 210 valence electrons. The largest absolute Gasteiger partial charge is 0.208 e. The van der Waals surface area contributed by atoms with Crippen LogP contribution in [-0.4, -0.2) is 15.0 Å². The van der Waals surface area contributed by atoms with Gasteiger partial charge in [-0.3, -0.25) is 0 Å². The molecule has 7 rings (SSSR count). The van der Waals surface area contributed by atoms with E-state index in [0.29, 0.717) is 23.9 Å². The first-order valence-corrected chi connectivity index (χ1v) is 15.1. The van der Waals surface area contributed by atoms with Crippen LogP contribution in [0.25, 0.3) is 33.3 Å². The van der Waals surface area contributed by atoms with Crippen LogP contribution >= 0.6 is 11.6 Å². The number of benzene rings is 4. The zero-order valence-electron chi connectivity index (χ0n) is 24.3. The third kappa shape index (κ3) is 5.26. The van der Waals surface area contributed by atoms with E-state index in [4.69, 9.17) is 26.6 Å². The number of hydrogen-bond donors (Lipinski definition) is 0. The molecule has 0 saturated heterocycles. The Bertz CT molecular complexity index is 1950. The van der Waals surface area contributed by atoms with E-state index in [0.717, 1.165) is 28.2 Å². The van der Waals surface area contributed by atoms with Gasteiger partial charge in [-0.25, -0.2) is 15.0 Å². The van der Waals surface area contributed by atoms with Gasteiger partial charge < -0.3 is 0 Å². The average molecular weight is 578 g/mol. The highest BCUT2D eigenvalue weighted by Crippen LogP contribution is 2.43. The molecule has 2 unspecified atom stereocenters. The number of halogens is 1. The summed E-state index contributed by atoms with van der Waals surface area (Å²) in [5.41, 5.74) is 4.98. The molecule has 0 amide bonds. The molecule has 2 aliphatic rings. The zero-order chi connectivity index (χ0) is 29.4. The van der Waals surface area contributed by atoms with Crippen molar-refractivity contribution in [3.63, 3.8) is 0 Å². The fourth-order valence-corrected chi connectivity index (χ4v) is 6.71. The van der Waals surface area contributed by atoms with Gasteiger partial charge in [0, 0.05) is 32.6 Å². The lowest BCUT2D eigenvalue weighted by Gasteiger charge is -2.32. The van der Waals surface area contributed by atoms with Crippen molar-refractivity contribution in [1.82, 2.24) is 15.0 Å². The quantitative estimate of drug-likeness (QED) is 0.209. The Morgan fingerprint density at radius 2 is 1.30 bits per heavy atom. The zero-order valence-corrected chi connectivity index (χ0v) is 25.1. The molecule has 0 N–H and O–H groups in total. The Morgan fingerprint density at radius 1 is 0.651 bits per heavy atom. The van der Waals surface area contributed by atoms with Crippen LogP contribution < -0.4 is 0 Å². The van der Waals surface area contributed by atoms with Gasteiger partial charge in [-0.15, -0.1) is 0 Å². The lowest BCUT2D eigenvalue weighted by Crippen LogP contribution is -2.23. The number of allylic oxidation sites excluding steroid dienone is 8. The lowest BCUT2D eigenvalue weighted by atomic mass is 9.73. The highest BCUT2D eigenvalue weighted by Gasteiger charge is 2.32. The number of rotatable bonds is 5. The molecular formula is C39H32ClN3. The van der Waals surface area contributed by atoms with E-state index in [9.17, 15) is 0 Å². The maximum Gasteiger partial charge on any atom is 0.164 e. The first-order valence-electron chi connectivity index (χ1n) is 14.7. The van der Waals surface area contributed by atoms with Crippen molar-refractivity contribution in [2.75, 3.05) is 0 Å². The van der Waals surface area contributed by atoms with E-state index in [1.807, 2.05) is 36.4 Å². The molecule has 5 aromatic rings. The van der Waals surface area contributed by atoms with Gasteiger partial charge in [0.15, 0.2) is 17.5 Å². The highest BCUT2D eigenvalue weighted by atomic mass is 35.5. The second-order valence-electron chi connectivity index (χ2n) is 12.0. The fourth-order valence-electron chi connectivity index (χ4n) is 6.31. The van der Waals surface area contributed by atoms with E-state index >= 15 is 0 Å². The van der Waals surface area contributed by atoms with Gasteiger partial charge in [0.1, 0.15) is 0 Å². The van der Waals surface area contributed by atoms with Gasteiger partial charge in [-0.2, -0.15) is 0 Å². The van der Waals surface area contributed by atoms with Crippen LogP contribution in [-0.2, 0) is 10.8 Å². The van der Waals surface area contributed by atoms with E-state index < -0.39 is 0 Å². The molecule has 4 heteroatoms. The predicted molar refractivity (Wildman–Crippen MR) is 179 cm³/mol. The standard InChI is InChI=1S/C39H32ClN3/c1-38(31-16-7-4-8-17-31)22-20-29(21-23-38)36-41-35(28-13-5-3-6-14-28)42-37(43-36)30-24-32(40)26-39(2,25-30)34-19-11-15-27-12-9-10-18-33(27)34/h3-22,24-25H,23,26H2,1-2H3. The molecule has 2 aliphatic carbocycles. The summed E-state index contributed by atoms with van der Waals surface area (Å²) in [4.78, 5) is 15.1. The van der Waals surface area contributed by atoms with Crippen LogP contribution in [0, 0.1) is 0 Å². The topological polar surface area (TPSA) is 38.7 Å². The van der Waals surface area contributed by atoms with Crippen LogP contribution in [0.15, 0.2) is 139 Å². The van der Waals surface area contributed by atoms with Crippen molar-refractivity contribution in [1.29, 1.82) is 0 Å². The summed E-state index contributed by atoms with van der Waals surface area (Å²) in [6.07, 6.45) is 12.5. The molecule has 2 atom stereocenters. The number of fused-ring (bicyclic) bond motifs is 1. The fraction of sp³-hybridized carbons (Fsp3) is 0.154.